The van der Waals surface area contributed by atoms with Crippen LogP contribution in [0.3, 0.4) is 0 Å². The number of benzene rings is 2. The van der Waals surface area contributed by atoms with Gasteiger partial charge in [-0.05, 0) is 61.9 Å². The zero-order valence-corrected chi connectivity index (χ0v) is 17.8. The summed E-state index contributed by atoms with van der Waals surface area (Å²) in [5.41, 5.74) is 2.15. The molecule has 0 radical (unpaired) electrons. The largest absolute Gasteiger partial charge is 0.349 e. The highest BCUT2D eigenvalue weighted by Crippen LogP contribution is 2.36. The van der Waals surface area contributed by atoms with Crippen LogP contribution in [0.1, 0.15) is 55.5 Å². The Morgan fingerprint density at radius 3 is 2.59 bits per heavy atom. The summed E-state index contributed by atoms with van der Waals surface area (Å²) in [5.74, 6) is 0.247. The van der Waals surface area contributed by atoms with Crippen molar-refractivity contribution in [3.63, 3.8) is 0 Å². The Hall–Kier alpha value is -2.34. The monoisotopic (exact) mass is 412 g/mol. The summed E-state index contributed by atoms with van der Waals surface area (Å²) in [4.78, 5) is 13.0. The first-order chi connectivity index (χ1) is 13.9. The van der Waals surface area contributed by atoms with E-state index < -0.39 is 10.0 Å². The van der Waals surface area contributed by atoms with Gasteiger partial charge < -0.3 is 5.32 Å². The van der Waals surface area contributed by atoms with E-state index in [0.717, 1.165) is 30.5 Å². The molecule has 1 amide bonds. The smallest absolute Gasteiger partial charge is 0.264 e. The number of hydrogen-bond donors (Lipinski definition) is 1. The van der Waals surface area contributed by atoms with Crippen LogP contribution in [-0.2, 0) is 16.4 Å². The number of anilines is 1. The van der Waals surface area contributed by atoms with Crippen molar-refractivity contribution >= 4 is 21.6 Å². The minimum absolute atomic E-state index is 0.155. The van der Waals surface area contributed by atoms with Crippen molar-refractivity contribution in [1.82, 2.24) is 5.32 Å². The molecule has 1 aliphatic heterocycles. The highest BCUT2D eigenvalue weighted by Gasteiger charge is 2.36. The SMILES string of the molecule is C[C@@H]1CCCC[C@@H]1NC(=O)c1cccc(S(=O)(=O)N2c3ccccc3C[C@H]2C)c1. The Morgan fingerprint density at radius 2 is 1.79 bits per heavy atom. The predicted molar refractivity (Wildman–Crippen MR) is 115 cm³/mol. The number of para-hydroxylation sites is 1. The van der Waals surface area contributed by atoms with Crippen LogP contribution < -0.4 is 9.62 Å². The molecule has 1 aliphatic carbocycles. The molecule has 2 aromatic carbocycles. The van der Waals surface area contributed by atoms with E-state index in [-0.39, 0.29) is 22.9 Å². The molecule has 5 nitrogen and oxygen atoms in total. The first kappa shape index (κ1) is 20.0. The van der Waals surface area contributed by atoms with Gasteiger partial charge in [0.15, 0.2) is 0 Å². The molecule has 2 aromatic rings. The van der Waals surface area contributed by atoms with Crippen LogP contribution in [0, 0.1) is 5.92 Å². The Balaban J connectivity index is 1.60. The molecule has 3 atom stereocenters. The average molecular weight is 413 g/mol. The molecular weight excluding hydrogens is 384 g/mol. The fourth-order valence-electron chi connectivity index (χ4n) is 4.60. The van der Waals surface area contributed by atoms with Crippen LogP contribution in [0.25, 0.3) is 0 Å². The van der Waals surface area contributed by atoms with E-state index >= 15 is 0 Å². The second-order valence-corrected chi connectivity index (χ2v) is 10.2. The second kappa shape index (κ2) is 7.82. The molecule has 0 unspecified atom stereocenters. The number of sulfonamides is 1. The molecule has 4 rings (SSSR count). The Labute approximate surface area is 173 Å². The Kier molecular flexibility index (Phi) is 5.38. The molecule has 29 heavy (non-hydrogen) atoms. The van der Waals surface area contributed by atoms with Crippen LogP contribution >= 0.6 is 0 Å². The number of hydrogen-bond acceptors (Lipinski definition) is 3. The summed E-state index contributed by atoms with van der Waals surface area (Å²) in [5, 5.41) is 3.11. The van der Waals surface area contributed by atoms with E-state index in [1.807, 2.05) is 31.2 Å². The molecule has 154 valence electrons. The number of carbonyl (C=O) groups is 1. The van der Waals surface area contributed by atoms with Gasteiger partial charge in [0.05, 0.1) is 10.6 Å². The zero-order valence-electron chi connectivity index (χ0n) is 17.0. The van der Waals surface area contributed by atoms with Gasteiger partial charge in [0.25, 0.3) is 15.9 Å². The van der Waals surface area contributed by atoms with Gasteiger partial charge in [-0.15, -0.1) is 0 Å². The van der Waals surface area contributed by atoms with Crippen LogP contribution in [0.2, 0.25) is 0 Å². The maximum atomic E-state index is 13.4. The lowest BCUT2D eigenvalue weighted by atomic mass is 9.86. The molecule has 0 aromatic heterocycles. The van der Waals surface area contributed by atoms with Gasteiger partial charge in [-0.2, -0.15) is 0 Å². The van der Waals surface area contributed by atoms with Gasteiger partial charge in [0.1, 0.15) is 0 Å². The number of rotatable bonds is 4. The van der Waals surface area contributed by atoms with Crippen molar-refractivity contribution in [2.24, 2.45) is 5.92 Å². The molecular formula is C23H28N2O3S. The normalized spacial score (nSPS) is 24.2. The molecule has 1 saturated carbocycles. The Morgan fingerprint density at radius 1 is 1.03 bits per heavy atom. The molecule has 0 spiro atoms. The lowest BCUT2D eigenvalue weighted by molar-refractivity contribution is 0.0910. The van der Waals surface area contributed by atoms with Crippen molar-refractivity contribution in [3.05, 3.63) is 59.7 Å². The van der Waals surface area contributed by atoms with Gasteiger partial charge in [0, 0.05) is 17.6 Å². The third-order valence-corrected chi connectivity index (χ3v) is 8.15. The molecule has 0 bridgehead atoms. The van der Waals surface area contributed by atoms with Crippen molar-refractivity contribution in [2.45, 2.75) is 62.9 Å². The molecule has 6 heteroatoms. The van der Waals surface area contributed by atoms with Crippen molar-refractivity contribution in [2.75, 3.05) is 4.31 Å². The first-order valence-corrected chi connectivity index (χ1v) is 11.8. The van der Waals surface area contributed by atoms with Crippen molar-refractivity contribution in [3.8, 4) is 0 Å². The van der Waals surface area contributed by atoms with Crippen LogP contribution in [-0.4, -0.2) is 26.4 Å². The van der Waals surface area contributed by atoms with E-state index in [1.165, 1.54) is 16.8 Å². The van der Waals surface area contributed by atoms with Gasteiger partial charge in [-0.25, -0.2) is 8.42 Å². The Bertz CT molecular complexity index is 1020. The van der Waals surface area contributed by atoms with E-state index in [1.54, 1.807) is 18.2 Å². The van der Waals surface area contributed by atoms with E-state index in [0.29, 0.717) is 17.9 Å². The summed E-state index contributed by atoms with van der Waals surface area (Å²) >= 11 is 0. The lowest BCUT2D eigenvalue weighted by Gasteiger charge is -2.29. The lowest BCUT2D eigenvalue weighted by Crippen LogP contribution is -2.41. The van der Waals surface area contributed by atoms with Gasteiger partial charge >= 0.3 is 0 Å². The predicted octanol–water partition coefficient (Wildman–Crippen LogP) is 4.14. The number of carbonyl (C=O) groups excluding carboxylic acids is 1. The summed E-state index contributed by atoms with van der Waals surface area (Å²) in [6.07, 6.45) is 5.11. The number of amides is 1. The minimum Gasteiger partial charge on any atom is -0.349 e. The summed E-state index contributed by atoms with van der Waals surface area (Å²) in [6, 6.07) is 14.0. The number of nitrogens with zero attached hydrogens (tertiary/aromatic N) is 1. The summed E-state index contributed by atoms with van der Waals surface area (Å²) in [6.45, 7) is 4.08. The van der Waals surface area contributed by atoms with E-state index in [4.69, 9.17) is 0 Å². The molecule has 1 fully saturated rings. The topological polar surface area (TPSA) is 66.5 Å². The van der Waals surface area contributed by atoms with Gasteiger partial charge in [0.2, 0.25) is 0 Å². The number of fused-ring (bicyclic) bond motifs is 1. The van der Waals surface area contributed by atoms with Gasteiger partial charge in [-0.3, -0.25) is 9.10 Å². The molecule has 1 N–H and O–H groups in total. The zero-order chi connectivity index (χ0) is 20.6. The first-order valence-electron chi connectivity index (χ1n) is 10.4. The second-order valence-electron chi connectivity index (χ2n) is 8.35. The fraction of sp³-hybridized carbons (Fsp3) is 0.435. The minimum atomic E-state index is -3.75. The van der Waals surface area contributed by atoms with E-state index in [9.17, 15) is 13.2 Å². The standard InChI is InChI=1S/C23H28N2O3S/c1-16-8-3-5-12-21(16)24-23(26)19-10-7-11-20(15-19)29(27,28)25-17(2)14-18-9-4-6-13-22(18)25/h4,6-7,9-11,13,15-17,21H,3,5,8,12,14H2,1-2H3,(H,24,26)/t16-,17-,21+/m1/s1. The van der Waals surface area contributed by atoms with Crippen molar-refractivity contribution in [1.29, 1.82) is 0 Å². The van der Waals surface area contributed by atoms with Gasteiger partial charge in [-0.1, -0.05) is 44.0 Å². The molecule has 0 saturated heterocycles. The van der Waals surface area contributed by atoms with Crippen molar-refractivity contribution < 1.29 is 13.2 Å². The third-order valence-electron chi connectivity index (χ3n) is 6.23. The highest BCUT2D eigenvalue weighted by atomic mass is 32.2. The molecule has 1 heterocycles. The van der Waals surface area contributed by atoms with Crippen LogP contribution in [0.5, 0.6) is 0 Å². The number of nitrogens with one attached hydrogen (secondary N) is 1. The highest BCUT2D eigenvalue weighted by molar-refractivity contribution is 7.92. The maximum Gasteiger partial charge on any atom is 0.264 e. The maximum absolute atomic E-state index is 13.4. The van der Waals surface area contributed by atoms with E-state index in [2.05, 4.69) is 12.2 Å². The third kappa shape index (κ3) is 3.78. The quantitative estimate of drug-likeness (QED) is 0.821. The van der Waals surface area contributed by atoms with Crippen LogP contribution in [0.4, 0.5) is 5.69 Å². The summed E-state index contributed by atoms with van der Waals surface area (Å²) in [7, 11) is -3.75. The fourth-order valence-corrected chi connectivity index (χ4v) is 6.34. The van der Waals surface area contributed by atoms with Crippen LogP contribution in [0.15, 0.2) is 53.4 Å². The average Bonchev–Trinajstić information content (AvgIpc) is 3.06. The summed E-state index contributed by atoms with van der Waals surface area (Å²) < 4.78 is 28.3. The molecule has 2 aliphatic rings.